The second kappa shape index (κ2) is 15.4. The molecule has 7 heteroatoms. The molecule has 0 atom stereocenters. The van der Waals surface area contributed by atoms with Gasteiger partial charge in [0.25, 0.3) is 0 Å². The third-order valence-corrected chi connectivity index (χ3v) is 3.08. The Bertz CT molecular complexity index is 461. The molecular formula is C17H29FIN3O2. The molecule has 5 nitrogen and oxygen atoms in total. The van der Waals surface area contributed by atoms with Gasteiger partial charge in [-0.1, -0.05) is 19.4 Å². The molecule has 0 aliphatic rings. The van der Waals surface area contributed by atoms with Gasteiger partial charge >= 0.3 is 0 Å². The highest BCUT2D eigenvalue weighted by atomic mass is 127. The lowest BCUT2D eigenvalue weighted by Gasteiger charge is -2.12. The summed E-state index contributed by atoms with van der Waals surface area (Å²) < 4.78 is 23.9. The van der Waals surface area contributed by atoms with Gasteiger partial charge in [-0.3, -0.25) is 4.99 Å². The molecule has 0 aliphatic carbocycles. The summed E-state index contributed by atoms with van der Waals surface area (Å²) in [6.07, 6.45) is 3.21. The Morgan fingerprint density at radius 3 is 2.58 bits per heavy atom. The molecule has 0 saturated heterocycles. The van der Waals surface area contributed by atoms with Crippen molar-refractivity contribution in [2.24, 2.45) is 4.99 Å². The Balaban J connectivity index is 0.00000529. The number of nitrogens with zero attached hydrogens (tertiary/aromatic N) is 1. The van der Waals surface area contributed by atoms with Crippen molar-refractivity contribution in [3.63, 3.8) is 0 Å². The van der Waals surface area contributed by atoms with Gasteiger partial charge in [-0.05, 0) is 25.0 Å². The predicted octanol–water partition coefficient (Wildman–Crippen LogP) is 3.19. The highest BCUT2D eigenvalue weighted by Gasteiger charge is 1.98. The normalized spacial score (nSPS) is 10.9. The molecule has 1 rings (SSSR count). The first-order valence-electron chi connectivity index (χ1n) is 8.17. The number of aliphatic imine (C=N–C) groups is 1. The van der Waals surface area contributed by atoms with Crippen molar-refractivity contribution < 1.29 is 13.9 Å². The molecule has 0 unspecified atom stereocenters. The van der Waals surface area contributed by atoms with Crippen LogP contribution in [0.5, 0.6) is 5.75 Å². The molecular weight excluding hydrogens is 424 g/mol. The van der Waals surface area contributed by atoms with Crippen molar-refractivity contribution in [2.45, 2.75) is 26.2 Å². The molecule has 0 saturated carbocycles. The zero-order valence-corrected chi connectivity index (χ0v) is 16.8. The van der Waals surface area contributed by atoms with Gasteiger partial charge in [-0.15, -0.1) is 24.0 Å². The van der Waals surface area contributed by atoms with Crippen LogP contribution in [0.1, 0.15) is 26.2 Å². The van der Waals surface area contributed by atoms with E-state index in [0.717, 1.165) is 45.0 Å². The third kappa shape index (κ3) is 11.4. The van der Waals surface area contributed by atoms with E-state index in [1.165, 1.54) is 12.1 Å². The van der Waals surface area contributed by atoms with Crippen molar-refractivity contribution in [2.75, 3.05) is 40.0 Å². The first-order chi connectivity index (χ1) is 11.3. The minimum atomic E-state index is -0.297. The Labute approximate surface area is 161 Å². The number of unbranched alkanes of at least 4 members (excludes halogenated alkanes) is 1. The summed E-state index contributed by atoms with van der Waals surface area (Å²) in [4.78, 5) is 4.13. The van der Waals surface area contributed by atoms with Crippen LogP contribution in [0.3, 0.4) is 0 Å². The molecule has 0 heterocycles. The Kier molecular flexibility index (Phi) is 14.7. The summed E-state index contributed by atoms with van der Waals surface area (Å²) in [5.41, 5.74) is 0. The van der Waals surface area contributed by atoms with Crippen LogP contribution < -0.4 is 15.4 Å². The van der Waals surface area contributed by atoms with Gasteiger partial charge in [0.15, 0.2) is 5.96 Å². The van der Waals surface area contributed by atoms with E-state index < -0.39 is 0 Å². The van der Waals surface area contributed by atoms with Crippen LogP contribution in [0.2, 0.25) is 0 Å². The SMILES string of the molecule is CCCCOCCCNC(=NC)NCCOc1cccc(F)c1.I. The van der Waals surface area contributed by atoms with Crippen LogP contribution >= 0.6 is 24.0 Å². The molecule has 1 aromatic rings. The fourth-order valence-corrected chi connectivity index (χ4v) is 1.85. The van der Waals surface area contributed by atoms with E-state index in [2.05, 4.69) is 22.5 Å². The zero-order valence-electron chi connectivity index (χ0n) is 14.5. The van der Waals surface area contributed by atoms with Gasteiger partial charge in [-0.25, -0.2) is 4.39 Å². The molecule has 24 heavy (non-hydrogen) atoms. The summed E-state index contributed by atoms with van der Waals surface area (Å²) in [6, 6.07) is 6.12. The molecule has 138 valence electrons. The maximum atomic E-state index is 13.0. The topological polar surface area (TPSA) is 54.9 Å². The van der Waals surface area contributed by atoms with Crippen LogP contribution in [0.25, 0.3) is 0 Å². The van der Waals surface area contributed by atoms with Crippen molar-refractivity contribution in [3.8, 4) is 5.75 Å². The lowest BCUT2D eigenvalue weighted by atomic mass is 10.3. The fraction of sp³-hybridized carbons (Fsp3) is 0.588. The molecule has 0 fully saturated rings. The first kappa shape index (κ1) is 22.9. The van der Waals surface area contributed by atoms with Gasteiger partial charge in [0.05, 0.1) is 6.54 Å². The molecule has 0 radical (unpaired) electrons. The molecule has 1 aromatic carbocycles. The number of guanidine groups is 1. The van der Waals surface area contributed by atoms with E-state index >= 15 is 0 Å². The largest absolute Gasteiger partial charge is 0.492 e. The van der Waals surface area contributed by atoms with E-state index in [1.807, 2.05) is 0 Å². The van der Waals surface area contributed by atoms with Gasteiger partial charge in [0.2, 0.25) is 0 Å². The quantitative estimate of drug-likeness (QED) is 0.234. The van der Waals surface area contributed by atoms with E-state index in [-0.39, 0.29) is 29.8 Å². The van der Waals surface area contributed by atoms with Crippen LogP contribution in [-0.2, 0) is 4.74 Å². The fourth-order valence-electron chi connectivity index (χ4n) is 1.85. The molecule has 0 aromatic heterocycles. The smallest absolute Gasteiger partial charge is 0.191 e. The van der Waals surface area contributed by atoms with Crippen LogP contribution in [0.15, 0.2) is 29.3 Å². The number of halogens is 2. The third-order valence-electron chi connectivity index (χ3n) is 3.08. The summed E-state index contributed by atoms with van der Waals surface area (Å²) in [6.45, 7) is 5.57. The van der Waals surface area contributed by atoms with E-state index in [1.54, 1.807) is 19.2 Å². The molecule has 0 aliphatic heterocycles. The van der Waals surface area contributed by atoms with Gasteiger partial charge in [-0.2, -0.15) is 0 Å². The maximum Gasteiger partial charge on any atom is 0.191 e. The Hall–Kier alpha value is -1.09. The highest BCUT2D eigenvalue weighted by Crippen LogP contribution is 2.11. The summed E-state index contributed by atoms with van der Waals surface area (Å²) >= 11 is 0. The highest BCUT2D eigenvalue weighted by molar-refractivity contribution is 14.0. The standard InChI is InChI=1S/C17H28FN3O2.HI/c1-3-4-11-22-12-6-9-20-17(19-2)21-10-13-23-16-8-5-7-15(18)14-16;/h5,7-8,14H,3-4,6,9-13H2,1-2H3,(H2,19,20,21);1H. The average Bonchev–Trinajstić information content (AvgIpc) is 2.56. The monoisotopic (exact) mass is 453 g/mol. The molecule has 0 bridgehead atoms. The van der Waals surface area contributed by atoms with Crippen LogP contribution in [0.4, 0.5) is 4.39 Å². The van der Waals surface area contributed by atoms with E-state index in [9.17, 15) is 4.39 Å². The summed E-state index contributed by atoms with van der Waals surface area (Å²) in [5.74, 6) is 0.953. The van der Waals surface area contributed by atoms with Crippen molar-refractivity contribution in [3.05, 3.63) is 30.1 Å². The molecule has 0 amide bonds. The maximum absolute atomic E-state index is 13.0. The number of benzene rings is 1. The lowest BCUT2D eigenvalue weighted by molar-refractivity contribution is 0.129. The zero-order chi connectivity index (χ0) is 16.8. The second-order valence-electron chi connectivity index (χ2n) is 5.05. The van der Waals surface area contributed by atoms with Crippen molar-refractivity contribution in [1.82, 2.24) is 10.6 Å². The number of nitrogens with one attached hydrogen (secondary N) is 2. The van der Waals surface area contributed by atoms with Crippen molar-refractivity contribution >= 4 is 29.9 Å². The summed E-state index contributed by atoms with van der Waals surface area (Å²) in [5, 5.41) is 6.36. The van der Waals surface area contributed by atoms with Crippen molar-refractivity contribution in [1.29, 1.82) is 0 Å². The number of rotatable bonds is 11. The minimum Gasteiger partial charge on any atom is -0.492 e. The van der Waals surface area contributed by atoms with E-state index in [0.29, 0.717) is 18.9 Å². The molecule has 0 spiro atoms. The van der Waals surface area contributed by atoms with Crippen LogP contribution in [-0.4, -0.2) is 45.9 Å². The number of hydrogen-bond donors (Lipinski definition) is 2. The second-order valence-corrected chi connectivity index (χ2v) is 5.05. The minimum absolute atomic E-state index is 0. The summed E-state index contributed by atoms with van der Waals surface area (Å²) in [7, 11) is 1.72. The first-order valence-corrected chi connectivity index (χ1v) is 8.17. The van der Waals surface area contributed by atoms with Gasteiger partial charge in [0.1, 0.15) is 18.2 Å². The Morgan fingerprint density at radius 2 is 1.88 bits per heavy atom. The van der Waals surface area contributed by atoms with Crippen LogP contribution in [0, 0.1) is 5.82 Å². The lowest BCUT2D eigenvalue weighted by Crippen LogP contribution is -2.39. The van der Waals surface area contributed by atoms with Gasteiger partial charge < -0.3 is 20.1 Å². The average molecular weight is 453 g/mol. The predicted molar refractivity (Wildman–Crippen MR) is 107 cm³/mol. The van der Waals surface area contributed by atoms with E-state index in [4.69, 9.17) is 9.47 Å². The number of hydrogen-bond acceptors (Lipinski definition) is 3. The Morgan fingerprint density at radius 1 is 1.12 bits per heavy atom. The molecule has 2 N–H and O–H groups in total. The number of ether oxygens (including phenoxy) is 2. The van der Waals surface area contributed by atoms with Gasteiger partial charge in [0, 0.05) is 32.9 Å².